The molecule has 1 aliphatic rings. The summed E-state index contributed by atoms with van der Waals surface area (Å²) in [7, 11) is 0. The van der Waals surface area contributed by atoms with Crippen molar-refractivity contribution in [2.75, 3.05) is 6.61 Å². The van der Waals surface area contributed by atoms with Gasteiger partial charge in [-0.15, -0.1) is 0 Å². The summed E-state index contributed by atoms with van der Waals surface area (Å²) in [6.07, 6.45) is 1.86. The van der Waals surface area contributed by atoms with Crippen LogP contribution in [0.5, 0.6) is 0 Å². The number of para-hydroxylation sites is 1. The highest BCUT2D eigenvalue weighted by molar-refractivity contribution is 6.30. The second-order valence-corrected chi connectivity index (χ2v) is 5.77. The van der Waals surface area contributed by atoms with Crippen LogP contribution in [0, 0.1) is 0 Å². The van der Waals surface area contributed by atoms with Gasteiger partial charge in [0.05, 0.1) is 17.2 Å². The van der Waals surface area contributed by atoms with E-state index in [0.717, 1.165) is 23.7 Å². The summed E-state index contributed by atoms with van der Waals surface area (Å²) in [6, 6.07) is 9.29. The molecular weight excluding hydrogens is 288 g/mol. The zero-order valence-corrected chi connectivity index (χ0v) is 12.6. The normalized spacial score (nSPS) is 22.2. The minimum Gasteiger partial charge on any atom is -0.378 e. The number of ether oxygens (including phenoxy) is 1. The van der Waals surface area contributed by atoms with Crippen LogP contribution in [0.25, 0.3) is 10.9 Å². The number of benzene rings is 1. The van der Waals surface area contributed by atoms with Crippen LogP contribution in [0.1, 0.15) is 30.1 Å². The van der Waals surface area contributed by atoms with E-state index in [1.54, 1.807) is 6.07 Å². The van der Waals surface area contributed by atoms with Gasteiger partial charge in [-0.25, -0.2) is 4.98 Å². The molecule has 3 rings (SSSR count). The number of nitrogens with zero attached hydrogens (tertiary/aromatic N) is 1. The molecule has 2 heterocycles. The van der Waals surface area contributed by atoms with Crippen molar-refractivity contribution in [1.29, 1.82) is 0 Å². The molecule has 1 amide bonds. The zero-order chi connectivity index (χ0) is 14.8. The molecule has 1 aromatic carbocycles. The van der Waals surface area contributed by atoms with Gasteiger partial charge in [0.15, 0.2) is 0 Å². The predicted octanol–water partition coefficient (Wildman–Crippen LogP) is 3.19. The van der Waals surface area contributed by atoms with Gasteiger partial charge < -0.3 is 10.1 Å². The summed E-state index contributed by atoms with van der Waals surface area (Å²) in [5.41, 5.74) is 1.31. The molecule has 1 N–H and O–H groups in total. The quantitative estimate of drug-likeness (QED) is 0.867. The van der Waals surface area contributed by atoms with E-state index in [-0.39, 0.29) is 18.1 Å². The van der Waals surface area contributed by atoms with Crippen LogP contribution in [-0.4, -0.2) is 29.6 Å². The number of nitrogens with one attached hydrogen (secondary N) is 1. The highest BCUT2D eigenvalue weighted by Gasteiger charge is 2.22. The Labute approximate surface area is 128 Å². The van der Waals surface area contributed by atoms with E-state index in [1.165, 1.54) is 0 Å². The lowest BCUT2D eigenvalue weighted by Gasteiger charge is -2.28. The Morgan fingerprint density at radius 1 is 1.43 bits per heavy atom. The first-order chi connectivity index (χ1) is 10.1. The Balaban J connectivity index is 1.87. The van der Waals surface area contributed by atoms with Crippen molar-refractivity contribution >= 4 is 28.4 Å². The van der Waals surface area contributed by atoms with E-state index in [9.17, 15) is 4.79 Å². The summed E-state index contributed by atoms with van der Waals surface area (Å²) in [5.74, 6) is -0.102. The van der Waals surface area contributed by atoms with Crippen molar-refractivity contribution in [3.63, 3.8) is 0 Å². The number of hydrogen-bond acceptors (Lipinski definition) is 3. The zero-order valence-electron chi connectivity index (χ0n) is 11.8. The van der Waals surface area contributed by atoms with Crippen molar-refractivity contribution in [1.82, 2.24) is 10.3 Å². The highest BCUT2D eigenvalue weighted by atomic mass is 35.5. The van der Waals surface area contributed by atoms with E-state index in [1.807, 2.05) is 31.2 Å². The Morgan fingerprint density at radius 2 is 2.24 bits per heavy atom. The second-order valence-electron chi connectivity index (χ2n) is 5.39. The maximum Gasteiger partial charge on any atom is 0.252 e. The first-order valence-electron chi connectivity index (χ1n) is 7.11. The molecule has 2 aromatic rings. The Morgan fingerprint density at radius 3 is 3.05 bits per heavy atom. The van der Waals surface area contributed by atoms with Crippen molar-refractivity contribution in [3.8, 4) is 0 Å². The van der Waals surface area contributed by atoms with Gasteiger partial charge in [-0.3, -0.25) is 4.79 Å². The fourth-order valence-electron chi connectivity index (χ4n) is 2.72. The van der Waals surface area contributed by atoms with Crippen molar-refractivity contribution < 1.29 is 9.53 Å². The number of aromatic nitrogens is 1. The lowest BCUT2D eigenvalue weighted by molar-refractivity contribution is 0.0137. The molecule has 0 radical (unpaired) electrons. The molecule has 0 saturated carbocycles. The minimum absolute atomic E-state index is 0.102. The average molecular weight is 305 g/mol. The molecule has 0 aliphatic carbocycles. The number of pyridine rings is 1. The van der Waals surface area contributed by atoms with Crippen molar-refractivity contribution in [3.05, 3.63) is 41.0 Å². The van der Waals surface area contributed by atoms with E-state index in [2.05, 4.69) is 10.3 Å². The molecule has 0 bridgehead atoms. The van der Waals surface area contributed by atoms with Crippen LogP contribution < -0.4 is 5.32 Å². The summed E-state index contributed by atoms with van der Waals surface area (Å²) in [5, 5.41) is 4.23. The molecule has 1 aliphatic heterocycles. The van der Waals surface area contributed by atoms with Crippen LogP contribution in [0.3, 0.4) is 0 Å². The van der Waals surface area contributed by atoms with Gasteiger partial charge in [0, 0.05) is 18.0 Å². The number of carbonyl (C=O) groups excluding carboxylic acids is 1. The molecule has 4 nitrogen and oxygen atoms in total. The van der Waals surface area contributed by atoms with Crippen LogP contribution in [0.4, 0.5) is 0 Å². The number of amides is 1. The number of fused-ring (bicyclic) bond motifs is 1. The average Bonchev–Trinajstić information content (AvgIpc) is 2.46. The summed E-state index contributed by atoms with van der Waals surface area (Å²) < 4.78 is 5.50. The molecule has 1 saturated heterocycles. The third-order valence-electron chi connectivity index (χ3n) is 3.75. The Kier molecular flexibility index (Phi) is 4.08. The third kappa shape index (κ3) is 3.17. The fraction of sp³-hybridized carbons (Fsp3) is 0.375. The Hall–Kier alpha value is -1.65. The summed E-state index contributed by atoms with van der Waals surface area (Å²) in [4.78, 5) is 16.8. The fourth-order valence-corrected chi connectivity index (χ4v) is 2.92. The van der Waals surface area contributed by atoms with Gasteiger partial charge in [0.25, 0.3) is 5.91 Å². The number of halogens is 1. The number of carbonyl (C=O) groups is 1. The second kappa shape index (κ2) is 6.00. The molecule has 1 fully saturated rings. The summed E-state index contributed by atoms with van der Waals surface area (Å²) in [6.45, 7) is 2.71. The maximum atomic E-state index is 12.5. The topological polar surface area (TPSA) is 51.2 Å². The van der Waals surface area contributed by atoms with E-state index < -0.39 is 0 Å². The monoisotopic (exact) mass is 304 g/mol. The van der Waals surface area contributed by atoms with Gasteiger partial charge in [-0.1, -0.05) is 29.8 Å². The van der Waals surface area contributed by atoms with Gasteiger partial charge >= 0.3 is 0 Å². The van der Waals surface area contributed by atoms with E-state index >= 15 is 0 Å². The molecule has 110 valence electrons. The van der Waals surface area contributed by atoms with Crippen LogP contribution in [0.2, 0.25) is 5.15 Å². The first kappa shape index (κ1) is 14.3. The van der Waals surface area contributed by atoms with Gasteiger partial charge in [-0.05, 0) is 31.9 Å². The van der Waals surface area contributed by atoms with Crippen LogP contribution >= 0.6 is 11.6 Å². The molecule has 1 aromatic heterocycles. The highest BCUT2D eigenvalue weighted by Crippen LogP contribution is 2.21. The molecule has 2 atom stereocenters. The maximum absolute atomic E-state index is 12.5. The van der Waals surface area contributed by atoms with Gasteiger partial charge in [0.2, 0.25) is 0 Å². The Bertz CT molecular complexity index is 674. The van der Waals surface area contributed by atoms with E-state index in [4.69, 9.17) is 16.3 Å². The molecule has 21 heavy (non-hydrogen) atoms. The molecular formula is C16H17ClN2O2. The van der Waals surface area contributed by atoms with E-state index in [0.29, 0.717) is 17.3 Å². The minimum atomic E-state index is -0.102. The third-order valence-corrected chi connectivity index (χ3v) is 3.94. The largest absolute Gasteiger partial charge is 0.378 e. The van der Waals surface area contributed by atoms with Crippen molar-refractivity contribution in [2.24, 2.45) is 0 Å². The lowest BCUT2D eigenvalue weighted by Crippen LogP contribution is -2.41. The van der Waals surface area contributed by atoms with Gasteiger partial charge in [0.1, 0.15) is 5.15 Å². The SMILES string of the molecule is CC1CC(NC(=O)c2cc(Cl)nc3ccccc23)CCO1. The summed E-state index contributed by atoms with van der Waals surface area (Å²) >= 11 is 6.02. The van der Waals surface area contributed by atoms with Crippen molar-refractivity contribution in [2.45, 2.75) is 31.9 Å². The van der Waals surface area contributed by atoms with Crippen LogP contribution in [-0.2, 0) is 4.74 Å². The molecule has 2 unspecified atom stereocenters. The predicted molar refractivity (Wildman–Crippen MR) is 82.7 cm³/mol. The van der Waals surface area contributed by atoms with Crippen LogP contribution in [0.15, 0.2) is 30.3 Å². The van der Waals surface area contributed by atoms with Gasteiger partial charge in [-0.2, -0.15) is 0 Å². The number of hydrogen-bond donors (Lipinski definition) is 1. The standard InChI is InChI=1S/C16H17ClN2O2/c1-10-8-11(6-7-21-10)18-16(20)13-9-15(17)19-14-5-3-2-4-12(13)14/h2-5,9-11H,6-8H2,1H3,(H,18,20). The number of rotatable bonds is 2. The molecule has 0 spiro atoms. The first-order valence-corrected chi connectivity index (χ1v) is 7.49. The smallest absolute Gasteiger partial charge is 0.252 e. The molecule has 5 heteroatoms. The lowest BCUT2D eigenvalue weighted by atomic mass is 10.0.